The maximum atomic E-state index is 13.5. The van der Waals surface area contributed by atoms with Crippen molar-refractivity contribution in [1.82, 2.24) is 24.8 Å². The summed E-state index contributed by atoms with van der Waals surface area (Å²) in [6.07, 6.45) is 1.72. The number of alkyl halides is 3. The molecule has 43 heavy (non-hydrogen) atoms. The lowest BCUT2D eigenvalue weighted by atomic mass is 10.1. The van der Waals surface area contributed by atoms with Crippen LogP contribution in [-0.2, 0) is 4.79 Å². The van der Waals surface area contributed by atoms with E-state index in [0.717, 1.165) is 59.4 Å². The minimum Gasteiger partial charge on any atom is -0.475 e. The van der Waals surface area contributed by atoms with E-state index >= 15 is 0 Å². The fraction of sp³-hybridized carbons (Fsp3) is 0.433. The lowest BCUT2D eigenvalue weighted by Crippen LogP contribution is -2.51. The van der Waals surface area contributed by atoms with Gasteiger partial charge in [-0.25, -0.2) is 9.18 Å². The summed E-state index contributed by atoms with van der Waals surface area (Å²) in [5, 5.41) is 12.9. The highest BCUT2D eigenvalue weighted by atomic mass is 19.4. The number of carbonyl (C=O) groups is 1. The molecule has 4 aromatic rings. The Labute approximate surface area is 245 Å². The van der Waals surface area contributed by atoms with Crippen LogP contribution in [0.15, 0.2) is 48.7 Å². The number of hydrogen-bond donors (Lipinski definition) is 2. The van der Waals surface area contributed by atoms with Crippen molar-refractivity contribution in [3.05, 3.63) is 54.5 Å². The highest BCUT2D eigenvalue weighted by Crippen LogP contribution is 2.35. The van der Waals surface area contributed by atoms with Gasteiger partial charge in [0.1, 0.15) is 18.2 Å². The average Bonchev–Trinajstić information content (AvgIpc) is 3.69. The second-order valence-electron chi connectivity index (χ2n) is 11.3. The highest BCUT2D eigenvalue weighted by Gasteiger charge is 2.38. The van der Waals surface area contributed by atoms with Crippen molar-refractivity contribution >= 4 is 33.6 Å². The molecule has 0 spiro atoms. The molecule has 3 fully saturated rings. The number of likely N-dealkylation sites (tertiary alicyclic amines) is 1. The summed E-state index contributed by atoms with van der Waals surface area (Å²) < 4.78 is 53.6. The van der Waals surface area contributed by atoms with Gasteiger partial charge >= 0.3 is 18.2 Å². The number of benzene rings is 2. The van der Waals surface area contributed by atoms with Crippen LogP contribution in [0.5, 0.6) is 6.01 Å². The number of ether oxygens (including phenoxy) is 1. The van der Waals surface area contributed by atoms with Crippen LogP contribution in [-0.4, -0.2) is 88.1 Å². The zero-order chi connectivity index (χ0) is 30.3. The number of piperazine rings is 1. The maximum Gasteiger partial charge on any atom is 0.490 e. The predicted octanol–water partition coefficient (Wildman–Crippen LogP) is 4.76. The molecule has 3 atom stereocenters. The Hall–Kier alpha value is -3.97. The van der Waals surface area contributed by atoms with Crippen LogP contribution in [0.25, 0.3) is 27.5 Å². The van der Waals surface area contributed by atoms with Crippen LogP contribution < -0.4 is 15.0 Å². The molecule has 3 aliphatic rings. The van der Waals surface area contributed by atoms with E-state index in [9.17, 15) is 17.6 Å². The monoisotopic (exact) mass is 600 g/mol. The first kappa shape index (κ1) is 29.1. The molecule has 2 aromatic heterocycles. The Morgan fingerprint density at radius 1 is 1.02 bits per heavy atom. The number of anilines is 1. The summed E-state index contributed by atoms with van der Waals surface area (Å²) in [5.74, 6) is -2.03. The molecule has 0 unspecified atom stereocenters. The van der Waals surface area contributed by atoms with E-state index < -0.39 is 12.1 Å². The number of carboxylic acids is 1. The third kappa shape index (κ3) is 6.09. The Kier molecular flexibility index (Phi) is 7.86. The van der Waals surface area contributed by atoms with Gasteiger partial charge < -0.3 is 29.5 Å². The van der Waals surface area contributed by atoms with Crippen molar-refractivity contribution in [2.24, 2.45) is 0 Å². The topological polar surface area (TPSA) is 95.8 Å². The fourth-order valence-electron chi connectivity index (χ4n) is 6.24. The van der Waals surface area contributed by atoms with E-state index in [4.69, 9.17) is 24.6 Å². The van der Waals surface area contributed by atoms with Crippen LogP contribution in [0.3, 0.4) is 0 Å². The molecule has 5 heterocycles. The van der Waals surface area contributed by atoms with Gasteiger partial charge in [0.05, 0.1) is 11.0 Å². The quantitative estimate of drug-likeness (QED) is 0.317. The summed E-state index contributed by atoms with van der Waals surface area (Å²) in [6.45, 7) is 3.60. The van der Waals surface area contributed by atoms with E-state index in [-0.39, 0.29) is 5.82 Å². The molecule has 13 heteroatoms. The third-order valence-corrected chi connectivity index (χ3v) is 8.43. The zero-order valence-electron chi connectivity index (χ0n) is 23.5. The lowest BCUT2D eigenvalue weighted by Gasteiger charge is -2.34. The van der Waals surface area contributed by atoms with Crippen LogP contribution in [0.1, 0.15) is 25.7 Å². The Morgan fingerprint density at radius 3 is 2.35 bits per heavy atom. The number of aromatic nitrogens is 3. The molecular formula is C30H32F4N6O3. The van der Waals surface area contributed by atoms with Crippen molar-refractivity contribution < 1.29 is 32.2 Å². The largest absolute Gasteiger partial charge is 0.490 e. The van der Waals surface area contributed by atoms with Gasteiger partial charge in [-0.05, 0) is 81.7 Å². The van der Waals surface area contributed by atoms with Crippen molar-refractivity contribution in [2.75, 3.05) is 38.2 Å². The Bertz CT molecular complexity index is 1610. The summed E-state index contributed by atoms with van der Waals surface area (Å²) in [6, 6.07) is 14.8. The fourth-order valence-corrected chi connectivity index (χ4v) is 6.24. The summed E-state index contributed by atoms with van der Waals surface area (Å²) in [5.41, 5.74) is 2.85. The normalized spacial score (nSPS) is 22.2. The van der Waals surface area contributed by atoms with E-state index in [0.29, 0.717) is 30.7 Å². The minimum absolute atomic E-state index is 0.238. The molecular weight excluding hydrogens is 568 g/mol. The molecule has 0 radical (unpaired) electrons. The molecule has 7 rings (SSSR count). The van der Waals surface area contributed by atoms with Gasteiger partial charge in [0.25, 0.3) is 0 Å². The van der Waals surface area contributed by atoms with Crippen LogP contribution >= 0.6 is 0 Å². The molecule has 9 nitrogen and oxygen atoms in total. The number of nitrogens with one attached hydrogen (secondary N) is 1. The van der Waals surface area contributed by atoms with E-state index in [1.54, 1.807) is 12.1 Å². The standard InChI is InChI=1S/C28H31FN6O.C2HF3O2/c1-33-13-2-3-22(33)17-36-28-31-26-23-12-14-35(21-8-4-18(29)5-9-21)25(23)11-10-24(26)27(32-28)34-15-19-6-7-20(16-34)30-19;3-2(4,5)1(6)7/h4-5,8-12,14,19-20,22,30H,2-3,6-7,13,15-17H2,1H3;(H,6,7)/t19-,20+,22-;/m0./s1. The third-order valence-electron chi connectivity index (χ3n) is 8.43. The summed E-state index contributed by atoms with van der Waals surface area (Å²) >= 11 is 0. The van der Waals surface area contributed by atoms with E-state index in [2.05, 4.69) is 44.9 Å². The molecule has 2 bridgehead atoms. The van der Waals surface area contributed by atoms with Gasteiger partial charge in [0.15, 0.2) is 0 Å². The first-order valence-corrected chi connectivity index (χ1v) is 14.3. The maximum absolute atomic E-state index is 13.5. The summed E-state index contributed by atoms with van der Waals surface area (Å²) in [7, 11) is 2.16. The second kappa shape index (κ2) is 11.6. The Balaban J connectivity index is 0.000000423. The lowest BCUT2D eigenvalue weighted by molar-refractivity contribution is -0.192. The van der Waals surface area contributed by atoms with Crippen molar-refractivity contribution in [1.29, 1.82) is 0 Å². The van der Waals surface area contributed by atoms with Gasteiger partial charge in [-0.3, -0.25) is 0 Å². The number of likely N-dealkylation sites (N-methyl/N-ethyl adjacent to an activating group) is 1. The molecule has 3 aliphatic heterocycles. The number of rotatable bonds is 5. The molecule has 0 saturated carbocycles. The van der Waals surface area contributed by atoms with Crippen molar-refractivity contribution in [3.8, 4) is 11.7 Å². The highest BCUT2D eigenvalue weighted by molar-refractivity contribution is 6.08. The van der Waals surface area contributed by atoms with Gasteiger partial charge in [-0.15, -0.1) is 0 Å². The molecule has 3 saturated heterocycles. The number of halogens is 4. The first-order chi connectivity index (χ1) is 20.6. The molecule has 2 aromatic carbocycles. The number of aliphatic carboxylic acids is 1. The van der Waals surface area contributed by atoms with Crippen LogP contribution in [0.2, 0.25) is 0 Å². The molecule has 0 aliphatic carbocycles. The summed E-state index contributed by atoms with van der Waals surface area (Å²) in [4.78, 5) is 23.6. The van der Waals surface area contributed by atoms with Gasteiger partial charge in [-0.1, -0.05) is 0 Å². The van der Waals surface area contributed by atoms with Gasteiger partial charge in [0, 0.05) is 53.9 Å². The molecule has 2 N–H and O–H groups in total. The number of nitrogens with zero attached hydrogens (tertiary/aromatic N) is 5. The van der Waals surface area contributed by atoms with Gasteiger partial charge in [0.2, 0.25) is 0 Å². The van der Waals surface area contributed by atoms with E-state index in [1.165, 1.54) is 31.4 Å². The van der Waals surface area contributed by atoms with Gasteiger partial charge in [-0.2, -0.15) is 23.1 Å². The van der Waals surface area contributed by atoms with Crippen LogP contribution in [0.4, 0.5) is 23.4 Å². The zero-order valence-corrected chi connectivity index (χ0v) is 23.5. The number of fused-ring (bicyclic) bond motifs is 5. The van der Waals surface area contributed by atoms with E-state index in [1.807, 2.05) is 6.20 Å². The Morgan fingerprint density at radius 2 is 1.72 bits per heavy atom. The van der Waals surface area contributed by atoms with Crippen molar-refractivity contribution in [3.63, 3.8) is 0 Å². The smallest absolute Gasteiger partial charge is 0.475 e. The predicted molar refractivity (Wildman–Crippen MR) is 153 cm³/mol. The molecule has 0 amide bonds. The number of carboxylic acid groups (broad SMARTS) is 1. The first-order valence-electron chi connectivity index (χ1n) is 14.3. The molecule has 228 valence electrons. The average molecular weight is 601 g/mol. The van der Waals surface area contributed by atoms with Crippen LogP contribution in [0, 0.1) is 5.82 Å². The van der Waals surface area contributed by atoms with Crippen molar-refractivity contribution in [2.45, 2.75) is 50.0 Å². The second-order valence-corrected chi connectivity index (χ2v) is 11.3. The minimum atomic E-state index is -5.08. The SMILES string of the molecule is CN1CCC[C@H]1COc1nc(N2C[C@H]3CC[C@@H](C2)N3)c2ccc3c(ccn3-c3ccc(F)cc3)c2n1.O=C(O)C(F)(F)F. The number of hydrogen-bond acceptors (Lipinski definition) is 7.